The molecule has 0 aliphatic rings. The standard InChI is InChI=1S/C16H19NO6/c1-10(18)21-14-7-6-13(8-15(14)22-11(2)19)16(4,5)9-17-23-12(3)20/h6-9H,1-5H3/b17-9+. The maximum atomic E-state index is 11.2. The highest BCUT2D eigenvalue weighted by atomic mass is 16.7. The van der Waals surface area contributed by atoms with Gasteiger partial charge in [0.15, 0.2) is 11.5 Å². The van der Waals surface area contributed by atoms with Crippen LogP contribution in [0.15, 0.2) is 23.4 Å². The van der Waals surface area contributed by atoms with Crippen LogP contribution in [-0.2, 0) is 24.6 Å². The minimum absolute atomic E-state index is 0.124. The van der Waals surface area contributed by atoms with Crippen molar-refractivity contribution < 1.29 is 28.7 Å². The van der Waals surface area contributed by atoms with Crippen LogP contribution in [0.5, 0.6) is 11.5 Å². The van der Waals surface area contributed by atoms with Gasteiger partial charge in [0.05, 0.1) is 6.21 Å². The Hall–Kier alpha value is -2.70. The number of ether oxygens (including phenoxy) is 2. The second-order valence-corrected chi connectivity index (χ2v) is 5.39. The van der Waals surface area contributed by atoms with Crippen molar-refractivity contribution in [3.05, 3.63) is 23.8 Å². The normalized spacial score (nSPS) is 11.2. The number of oxime groups is 1. The molecule has 0 saturated carbocycles. The average molecular weight is 321 g/mol. The van der Waals surface area contributed by atoms with Gasteiger partial charge in [0.1, 0.15) is 0 Å². The van der Waals surface area contributed by atoms with Crippen LogP contribution in [0.3, 0.4) is 0 Å². The van der Waals surface area contributed by atoms with Crippen LogP contribution in [0, 0.1) is 0 Å². The molecule has 124 valence electrons. The maximum absolute atomic E-state index is 11.2. The summed E-state index contributed by atoms with van der Waals surface area (Å²) in [4.78, 5) is 37.6. The van der Waals surface area contributed by atoms with E-state index >= 15 is 0 Å². The number of carbonyl (C=O) groups excluding carboxylic acids is 3. The van der Waals surface area contributed by atoms with Crippen molar-refractivity contribution in [1.82, 2.24) is 0 Å². The first-order chi connectivity index (χ1) is 10.6. The van der Waals surface area contributed by atoms with Crippen molar-refractivity contribution in [3.63, 3.8) is 0 Å². The van der Waals surface area contributed by atoms with E-state index in [4.69, 9.17) is 9.47 Å². The minimum atomic E-state index is -0.612. The van der Waals surface area contributed by atoms with Gasteiger partial charge < -0.3 is 14.3 Å². The van der Waals surface area contributed by atoms with Gasteiger partial charge >= 0.3 is 17.9 Å². The summed E-state index contributed by atoms with van der Waals surface area (Å²) in [6.45, 7) is 7.41. The molecule has 1 aromatic carbocycles. The highest BCUT2D eigenvalue weighted by Gasteiger charge is 2.22. The summed E-state index contributed by atoms with van der Waals surface area (Å²) in [7, 11) is 0. The Bertz CT molecular complexity index is 648. The second kappa shape index (κ2) is 7.53. The van der Waals surface area contributed by atoms with Crippen LogP contribution >= 0.6 is 0 Å². The predicted octanol–water partition coefficient (Wildman–Crippen LogP) is 2.36. The van der Waals surface area contributed by atoms with Gasteiger partial charge in [-0.05, 0) is 17.7 Å². The second-order valence-electron chi connectivity index (χ2n) is 5.39. The van der Waals surface area contributed by atoms with Gasteiger partial charge in [-0.25, -0.2) is 4.79 Å². The molecule has 0 aliphatic carbocycles. The number of hydrogen-bond donors (Lipinski definition) is 0. The summed E-state index contributed by atoms with van der Waals surface area (Å²) in [5.74, 6) is -1.32. The molecule has 23 heavy (non-hydrogen) atoms. The monoisotopic (exact) mass is 321 g/mol. The molecule has 0 spiro atoms. The Morgan fingerprint density at radius 1 is 0.957 bits per heavy atom. The molecule has 0 fully saturated rings. The lowest BCUT2D eigenvalue weighted by molar-refractivity contribution is -0.141. The summed E-state index contributed by atoms with van der Waals surface area (Å²) in [6.07, 6.45) is 1.45. The first kappa shape index (κ1) is 18.3. The van der Waals surface area contributed by atoms with Crippen LogP contribution < -0.4 is 9.47 Å². The molecule has 1 aromatic rings. The summed E-state index contributed by atoms with van der Waals surface area (Å²) in [5, 5.41) is 3.61. The van der Waals surface area contributed by atoms with E-state index < -0.39 is 23.3 Å². The summed E-state index contributed by atoms with van der Waals surface area (Å²) in [5.41, 5.74) is 0.111. The number of rotatable bonds is 5. The Morgan fingerprint density at radius 3 is 2.04 bits per heavy atom. The third-order valence-electron chi connectivity index (χ3n) is 2.75. The van der Waals surface area contributed by atoms with Crippen LogP contribution in [0.4, 0.5) is 0 Å². The van der Waals surface area contributed by atoms with E-state index in [0.717, 1.165) is 5.56 Å². The first-order valence-electron chi connectivity index (χ1n) is 6.85. The minimum Gasteiger partial charge on any atom is -0.423 e. The molecule has 0 N–H and O–H groups in total. The molecular formula is C16H19NO6. The molecule has 0 heterocycles. The Kier molecular flexibility index (Phi) is 6.01. The van der Waals surface area contributed by atoms with Gasteiger partial charge in [0.25, 0.3) is 0 Å². The van der Waals surface area contributed by atoms with E-state index in [0.29, 0.717) is 0 Å². The molecule has 0 unspecified atom stereocenters. The van der Waals surface area contributed by atoms with E-state index in [1.165, 1.54) is 33.1 Å². The van der Waals surface area contributed by atoms with E-state index in [2.05, 4.69) is 9.99 Å². The molecule has 0 saturated heterocycles. The third kappa shape index (κ3) is 5.90. The fraction of sp³-hybridized carbons (Fsp3) is 0.375. The third-order valence-corrected chi connectivity index (χ3v) is 2.75. The molecule has 0 aromatic heterocycles. The fourth-order valence-electron chi connectivity index (χ4n) is 1.69. The number of hydrogen-bond acceptors (Lipinski definition) is 7. The highest BCUT2D eigenvalue weighted by molar-refractivity contribution is 5.76. The Morgan fingerprint density at radius 2 is 1.52 bits per heavy atom. The van der Waals surface area contributed by atoms with Crippen molar-refractivity contribution in [2.75, 3.05) is 0 Å². The van der Waals surface area contributed by atoms with Gasteiger partial charge in [0, 0.05) is 26.2 Å². The smallest absolute Gasteiger partial charge is 0.331 e. The maximum Gasteiger partial charge on any atom is 0.331 e. The van der Waals surface area contributed by atoms with E-state index in [1.807, 2.05) is 13.8 Å². The van der Waals surface area contributed by atoms with E-state index in [1.54, 1.807) is 12.1 Å². The largest absolute Gasteiger partial charge is 0.423 e. The van der Waals surface area contributed by atoms with E-state index in [-0.39, 0.29) is 11.5 Å². The molecule has 0 atom stereocenters. The Labute approximate surface area is 134 Å². The number of carbonyl (C=O) groups is 3. The van der Waals surface area contributed by atoms with Gasteiger partial charge in [0.2, 0.25) is 0 Å². The number of benzene rings is 1. The van der Waals surface area contributed by atoms with Crippen molar-refractivity contribution >= 4 is 24.1 Å². The summed E-state index contributed by atoms with van der Waals surface area (Å²) < 4.78 is 10.1. The van der Waals surface area contributed by atoms with E-state index in [9.17, 15) is 14.4 Å². The lowest BCUT2D eigenvalue weighted by atomic mass is 9.86. The van der Waals surface area contributed by atoms with Crippen LogP contribution in [0.25, 0.3) is 0 Å². The first-order valence-corrected chi connectivity index (χ1v) is 6.85. The molecule has 1 rings (SSSR count). The fourth-order valence-corrected chi connectivity index (χ4v) is 1.69. The number of nitrogens with zero attached hydrogens (tertiary/aromatic N) is 1. The molecule has 0 amide bonds. The van der Waals surface area contributed by atoms with Gasteiger partial charge in [-0.3, -0.25) is 9.59 Å². The zero-order valence-electron chi connectivity index (χ0n) is 13.7. The zero-order chi connectivity index (χ0) is 17.6. The predicted molar refractivity (Wildman–Crippen MR) is 82.3 cm³/mol. The quantitative estimate of drug-likeness (QED) is 0.272. The van der Waals surface area contributed by atoms with Gasteiger partial charge in [-0.15, -0.1) is 0 Å². The molecule has 7 nitrogen and oxygen atoms in total. The lowest BCUT2D eigenvalue weighted by Gasteiger charge is -2.21. The average Bonchev–Trinajstić information content (AvgIpc) is 2.38. The molecule has 0 radical (unpaired) electrons. The molecule has 7 heteroatoms. The van der Waals surface area contributed by atoms with Crippen molar-refractivity contribution in [3.8, 4) is 11.5 Å². The number of esters is 2. The van der Waals surface area contributed by atoms with Crippen molar-refractivity contribution in [2.45, 2.75) is 40.0 Å². The van der Waals surface area contributed by atoms with Crippen molar-refractivity contribution in [1.29, 1.82) is 0 Å². The van der Waals surface area contributed by atoms with Crippen LogP contribution in [-0.4, -0.2) is 24.1 Å². The Balaban J connectivity index is 3.16. The molecule has 0 aliphatic heterocycles. The summed E-state index contributed by atoms with van der Waals surface area (Å²) >= 11 is 0. The van der Waals surface area contributed by atoms with Gasteiger partial charge in [-0.1, -0.05) is 25.1 Å². The highest BCUT2D eigenvalue weighted by Crippen LogP contribution is 2.33. The van der Waals surface area contributed by atoms with Gasteiger partial charge in [-0.2, -0.15) is 0 Å². The SMILES string of the molecule is CC(=O)O/N=C/C(C)(C)c1ccc(OC(C)=O)c(OC(C)=O)c1. The zero-order valence-corrected chi connectivity index (χ0v) is 13.7. The topological polar surface area (TPSA) is 91.3 Å². The van der Waals surface area contributed by atoms with Crippen molar-refractivity contribution in [2.24, 2.45) is 5.16 Å². The van der Waals surface area contributed by atoms with Crippen LogP contribution in [0.1, 0.15) is 40.2 Å². The van der Waals surface area contributed by atoms with Crippen LogP contribution in [0.2, 0.25) is 0 Å². The molecule has 0 bridgehead atoms. The summed E-state index contributed by atoms with van der Waals surface area (Å²) in [6, 6.07) is 4.79. The molecular weight excluding hydrogens is 302 g/mol. The lowest BCUT2D eigenvalue weighted by Crippen LogP contribution is -2.20.